The molecule has 2 N–H and O–H groups in total. The molecule has 0 saturated heterocycles. The van der Waals surface area contributed by atoms with E-state index >= 15 is 0 Å². The molecule has 1 aromatic carbocycles. The number of fused-ring (bicyclic) bond motifs is 1. The molecular formula is C13H17NO3. The number of phenolic OH excluding ortho intramolecular Hbond substituents is 1. The molecule has 0 radical (unpaired) electrons. The van der Waals surface area contributed by atoms with Gasteiger partial charge in [0.15, 0.2) is 0 Å². The van der Waals surface area contributed by atoms with Crippen molar-refractivity contribution in [1.82, 2.24) is 0 Å². The smallest absolute Gasteiger partial charge is 0.303 e. The molecule has 0 aromatic heterocycles. The number of aliphatic carboxylic acids is 1. The van der Waals surface area contributed by atoms with Crippen LogP contribution in [0.3, 0.4) is 0 Å². The van der Waals surface area contributed by atoms with Gasteiger partial charge in [-0.15, -0.1) is 0 Å². The normalized spacial score (nSPS) is 15.8. The van der Waals surface area contributed by atoms with Gasteiger partial charge >= 0.3 is 5.97 Å². The van der Waals surface area contributed by atoms with Gasteiger partial charge in [0, 0.05) is 24.8 Å². The number of nitrogens with zero attached hydrogens (tertiary/aromatic N) is 1. The van der Waals surface area contributed by atoms with Gasteiger partial charge in [-0.25, -0.2) is 0 Å². The van der Waals surface area contributed by atoms with Crippen LogP contribution < -0.4 is 4.90 Å². The summed E-state index contributed by atoms with van der Waals surface area (Å²) in [7, 11) is 1.99. The molecular weight excluding hydrogens is 218 g/mol. The highest BCUT2D eigenvalue weighted by atomic mass is 16.4. The fourth-order valence-electron chi connectivity index (χ4n) is 2.42. The Balaban J connectivity index is 2.35. The molecule has 92 valence electrons. The third-order valence-corrected chi connectivity index (χ3v) is 3.41. The zero-order valence-corrected chi connectivity index (χ0v) is 10.1. The van der Waals surface area contributed by atoms with Gasteiger partial charge in [0.25, 0.3) is 0 Å². The number of carboxylic acid groups (broad SMARTS) is 1. The van der Waals surface area contributed by atoms with E-state index in [1.807, 2.05) is 26.1 Å². The zero-order valence-electron chi connectivity index (χ0n) is 10.1. The number of hydrogen-bond donors (Lipinski definition) is 2. The first-order chi connectivity index (χ1) is 8.00. The van der Waals surface area contributed by atoms with E-state index in [2.05, 4.69) is 4.90 Å². The van der Waals surface area contributed by atoms with Crippen LogP contribution in [0.5, 0.6) is 5.75 Å². The molecule has 0 amide bonds. The molecule has 1 aliphatic heterocycles. The number of phenols is 1. The van der Waals surface area contributed by atoms with Gasteiger partial charge in [-0.1, -0.05) is 13.0 Å². The number of anilines is 1. The highest BCUT2D eigenvalue weighted by Gasteiger charge is 2.23. The number of carbonyl (C=O) groups is 1. The summed E-state index contributed by atoms with van der Waals surface area (Å²) < 4.78 is 0. The second-order valence-electron chi connectivity index (χ2n) is 4.67. The molecule has 1 aliphatic rings. The minimum absolute atomic E-state index is 0.0438. The Hall–Kier alpha value is -1.71. The van der Waals surface area contributed by atoms with Crippen molar-refractivity contribution >= 4 is 11.7 Å². The van der Waals surface area contributed by atoms with Crippen LogP contribution in [0.1, 0.15) is 30.4 Å². The first kappa shape index (κ1) is 11.8. The van der Waals surface area contributed by atoms with E-state index in [0.29, 0.717) is 0 Å². The molecule has 0 saturated carbocycles. The first-order valence-electron chi connectivity index (χ1n) is 5.78. The molecule has 4 heteroatoms. The maximum absolute atomic E-state index is 10.7. The molecule has 17 heavy (non-hydrogen) atoms. The van der Waals surface area contributed by atoms with Crippen LogP contribution in [0.2, 0.25) is 0 Å². The molecule has 4 nitrogen and oxygen atoms in total. The molecule has 1 aromatic rings. The molecule has 0 spiro atoms. The monoisotopic (exact) mass is 235 g/mol. The fraction of sp³-hybridized carbons (Fsp3) is 0.462. The van der Waals surface area contributed by atoms with Crippen molar-refractivity contribution in [3.63, 3.8) is 0 Å². The summed E-state index contributed by atoms with van der Waals surface area (Å²) in [4.78, 5) is 12.8. The number of aromatic hydroxyl groups is 1. The summed E-state index contributed by atoms with van der Waals surface area (Å²) in [5, 5.41) is 19.0. The summed E-state index contributed by atoms with van der Waals surface area (Å²) in [6, 6.07) is 3.80. The van der Waals surface area contributed by atoms with Crippen molar-refractivity contribution in [3.05, 3.63) is 23.3 Å². The van der Waals surface area contributed by atoms with E-state index in [4.69, 9.17) is 5.11 Å². The number of carboxylic acids is 1. The van der Waals surface area contributed by atoms with Crippen molar-refractivity contribution in [2.75, 3.05) is 18.5 Å². The lowest BCUT2D eigenvalue weighted by Gasteiger charge is -2.16. The van der Waals surface area contributed by atoms with Crippen LogP contribution in [-0.2, 0) is 11.2 Å². The lowest BCUT2D eigenvalue weighted by Crippen LogP contribution is -2.12. The van der Waals surface area contributed by atoms with Gasteiger partial charge in [-0.2, -0.15) is 0 Å². The number of rotatable bonds is 3. The van der Waals surface area contributed by atoms with E-state index in [-0.39, 0.29) is 18.1 Å². The minimum atomic E-state index is -0.838. The van der Waals surface area contributed by atoms with E-state index in [1.165, 1.54) is 0 Å². The fourth-order valence-corrected chi connectivity index (χ4v) is 2.42. The standard InChI is InChI=1S/C13H17NO3/c1-8(7-12(15)16)9-3-4-11-10(13(9)17)5-6-14(11)2/h3-4,8,17H,5-7H2,1-2H3,(H,15,16). The lowest BCUT2D eigenvalue weighted by molar-refractivity contribution is -0.137. The van der Waals surface area contributed by atoms with Gasteiger partial charge in [-0.3, -0.25) is 4.79 Å². The van der Waals surface area contributed by atoms with Gasteiger partial charge in [0.1, 0.15) is 5.75 Å². The Morgan fingerprint density at radius 1 is 1.53 bits per heavy atom. The average molecular weight is 235 g/mol. The zero-order chi connectivity index (χ0) is 12.6. The molecule has 1 atom stereocenters. The minimum Gasteiger partial charge on any atom is -0.507 e. The van der Waals surface area contributed by atoms with E-state index < -0.39 is 5.97 Å². The summed E-state index contributed by atoms with van der Waals surface area (Å²) in [6.45, 7) is 2.73. The van der Waals surface area contributed by atoms with Crippen LogP contribution in [-0.4, -0.2) is 29.8 Å². The Bertz CT molecular complexity index is 456. The molecule has 1 unspecified atom stereocenters. The van der Waals surface area contributed by atoms with Crippen LogP contribution in [0, 0.1) is 0 Å². The summed E-state index contributed by atoms with van der Waals surface area (Å²) in [5.41, 5.74) is 2.73. The summed E-state index contributed by atoms with van der Waals surface area (Å²) in [5.74, 6) is -0.723. The van der Waals surface area contributed by atoms with E-state index in [0.717, 1.165) is 29.8 Å². The third kappa shape index (κ3) is 2.07. The molecule has 1 heterocycles. The van der Waals surface area contributed by atoms with Crippen molar-refractivity contribution in [1.29, 1.82) is 0 Å². The van der Waals surface area contributed by atoms with Gasteiger partial charge in [0.2, 0.25) is 0 Å². The Labute approximate surface area is 100 Å². The maximum atomic E-state index is 10.7. The Morgan fingerprint density at radius 2 is 2.24 bits per heavy atom. The quantitative estimate of drug-likeness (QED) is 0.840. The van der Waals surface area contributed by atoms with Crippen LogP contribution >= 0.6 is 0 Å². The molecule has 0 aliphatic carbocycles. The predicted octanol–water partition coefficient (Wildman–Crippen LogP) is 1.96. The first-order valence-corrected chi connectivity index (χ1v) is 5.78. The van der Waals surface area contributed by atoms with Crippen molar-refractivity contribution < 1.29 is 15.0 Å². The predicted molar refractivity (Wildman–Crippen MR) is 65.7 cm³/mol. The highest BCUT2D eigenvalue weighted by Crippen LogP contribution is 2.39. The topological polar surface area (TPSA) is 60.8 Å². The number of likely N-dealkylation sites (N-methyl/N-ethyl adjacent to an activating group) is 1. The molecule has 0 fully saturated rings. The highest BCUT2D eigenvalue weighted by molar-refractivity contribution is 5.70. The van der Waals surface area contributed by atoms with Crippen LogP contribution in [0.15, 0.2) is 12.1 Å². The lowest BCUT2D eigenvalue weighted by atomic mass is 9.94. The second-order valence-corrected chi connectivity index (χ2v) is 4.67. The second kappa shape index (κ2) is 4.28. The maximum Gasteiger partial charge on any atom is 0.303 e. The molecule has 0 bridgehead atoms. The average Bonchev–Trinajstić information content (AvgIpc) is 2.61. The van der Waals surface area contributed by atoms with Crippen molar-refractivity contribution in [2.24, 2.45) is 0 Å². The van der Waals surface area contributed by atoms with E-state index in [1.54, 1.807) is 0 Å². The van der Waals surface area contributed by atoms with E-state index in [9.17, 15) is 9.90 Å². The Kier molecular flexibility index (Phi) is 2.96. The number of benzene rings is 1. The van der Waals surface area contributed by atoms with Gasteiger partial charge in [0.05, 0.1) is 6.42 Å². The SMILES string of the molecule is CC(CC(=O)O)c1ccc2c(c1O)CCN2C. The molecule has 2 rings (SSSR count). The summed E-state index contributed by atoms with van der Waals surface area (Å²) in [6.07, 6.45) is 0.869. The van der Waals surface area contributed by atoms with Crippen LogP contribution in [0.25, 0.3) is 0 Å². The van der Waals surface area contributed by atoms with Gasteiger partial charge in [-0.05, 0) is 24.0 Å². The van der Waals surface area contributed by atoms with Crippen molar-refractivity contribution in [2.45, 2.75) is 25.7 Å². The number of hydrogen-bond acceptors (Lipinski definition) is 3. The largest absolute Gasteiger partial charge is 0.507 e. The van der Waals surface area contributed by atoms with Crippen LogP contribution in [0.4, 0.5) is 5.69 Å². The summed E-state index contributed by atoms with van der Waals surface area (Å²) >= 11 is 0. The Morgan fingerprint density at radius 3 is 2.88 bits per heavy atom. The van der Waals surface area contributed by atoms with Crippen molar-refractivity contribution in [3.8, 4) is 5.75 Å². The van der Waals surface area contributed by atoms with Gasteiger partial charge < -0.3 is 15.1 Å². The third-order valence-electron chi connectivity index (χ3n) is 3.41.